The van der Waals surface area contributed by atoms with Crippen LogP contribution < -0.4 is 10.9 Å². The van der Waals surface area contributed by atoms with Crippen molar-refractivity contribution >= 4 is 45.4 Å². The van der Waals surface area contributed by atoms with E-state index in [4.69, 9.17) is 23.2 Å². The van der Waals surface area contributed by atoms with Gasteiger partial charge >= 0.3 is 5.56 Å². The zero-order valence-electron chi connectivity index (χ0n) is 13.9. The van der Waals surface area contributed by atoms with Crippen LogP contribution in [0.25, 0.3) is 4.96 Å². The maximum absolute atomic E-state index is 12.4. The second-order valence-electron chi connectivity index (χ2n) is 5.99. The molecule has 0 unspecified atom stereocenters. The van der Waals surface area contributed by atoms with Crippen LogP contribution in [0.15, 0.2) is 29.2 Å². The summed E-state index contributed by atoms with van der Waals surface area (Å²) in [4.78, 5) is 30.1. The van der Waals surface area contributed by atoms with Crippen molar-refractivity contribution < 1.29 is 9.90 Å². The van der Waals surface area contributed by atoms with E-state index in [1.807, 2.05) is 13.8 Å². The lowest BCUT2D eigenvalue weighted by atomic mass is 10.2. The van der Waals surface area contributed by atoms with E-state index in [-0.39, 0.29) is 18.2 Å². The molecular weight excluding hydrogens is 397 g/mol. The first-order valence-corrected chi connectivity index (χ1v) is 9.32. The second kappa shape index (κ2) is 7.26. The van der Waals surface area contributed by atoms with Crippen molar-refractivity contribution in [2.45, 2.75) is 26.3 Å². The summed E-state index contributed by atoms with van der Waals surface area (Å²) in [5.74, 6) is -1.12. The Bertz CT molecular complexity index is 1060. The third kappa shape index (κ3) is 3.56. The highest BCUT2D eigenvalue weighted by Gasteiger charge is 2.20. The van der Waals surface area contributed by atoms with Crippen LogP contribution in [0, 0.1) is 0 Å². The fourth-order valence-corrected chi connectivity index (χ4v) is 3.59. The highest BCUT2D eigenvalue weighted by Crippen LogP contribution is 2.25. The first kappa shape index (κ1) is 18.7. The van der Waals surface area contributed by atoms with E-state index < -0.39 is 17.2 Å². The van der Waals surface area contributed by atoms with Crippen LogP contribution in [-0.2, 0) is 6.54 Å². The van der Waals surface area contributed by atoms with E-state index in [1.54, 1.807) is 24.4 Å². The Labute approximate surface area is 163 Å². The van der Waals surface area contributed by atoms with E-state index >= 15 is 0 Å². The van der Waals surface area contributed by atoms with Gasteiger partial charge in [0.25, 0.3) is 5.91 Å². The van der Waals surface area contributed by atoms with Gasteiger partial charge in [0.15, 0.2) is 10.7 Å². The molecule has 3 rings (SSSR count). The lowest BCUT2D eigenvalue weighted by molar-refractivity contribution is 0.0943. The lowest BCUT2D eigenvalue weighted by Gasteiger charge is -2.07. The Hall–Kier alpha value is -2.09. The molecule has 0 aliphatic heterocycles. The maximum Gasteiger partial charge on any atom is 0.301 e. The van der Waals surface area contributed by atoms with Crippen LogP contribution in [0.5, 0.6) is 5.75 Å². The maximum atomic E-state index is 12.4. The molecule has 0 aliphatic rings. The molecule has 2 N–H and O–H groups in total. The number of benzene rings is 1. The minimum atomic E-state index is -0.678. The van der Waals surface area contributed by atoms with Crippen LogP contribution in [0.3, 0.4) is 0 Å². The van der Waals surface area contributed by atoms with Gasteiger partial charge in [-0.3, -0.25) is 14.0 Å². The van der Waals surface area contributed by atoms with Crippen LogP contribution >= 0.6 is 34.5 Å². The molecule has 26 heavy (non-hydrogen) atoms. The third-order valence-corrected chi connectivity index (χ3v) is 5.77. The second-order valence-corrected chi connectivity index (χ2v) is 7.84. The molecule has 0 bridgehead atoms. The number of carbonyl (C=O) groups excluding carboxylic acids is 1. The quantitative estimate of drug-likeness (QED) is 0.683. The van der Waals surface area contributed by atoms with Crippen molar-refractivity contribution in [1.29, 1.82) is 0 Å². The topological polar surface area (TPSA) is 83.7 Å². The summed E-state index contributed by atoms with van der Waals surface area (Å²) in [6.07, 6.45) is 1.64. The number of carbonyl (C=O) groups is 1. The summed E-state index contributed by atoms with van der Waals surface area (Å²) in [6, 6.07) is 4.97. The summed E-state index contributed by atoms with van der Waals surface area (Å²) in [5, 5.41) is 13.5. The van der Waals surface area contributed by atoms with Crippen molar-refractivity contribution in [3.8, 4) is 5.75 Å². The molecule has 136 valence electrons. The number of thiazole rings is 1. The van der Waals surface area contributed by atoms with Gasteiger partial charge in [0, 0.05) is 17.6 Å². The summed E-state index contributed by atoms with van der Waals surface area (Å²) in [6.45, 7) is 4.12. The molecule has 1 amide bonds. The van der Waals surface area contributed by atoms with Gasteiger partial charge < -0.3 is 10.4 Å². The third-order valence-electron chi connectivity index (χ3n) is 3.75. The number of fused-ring (bicyclic) bond motifs is 1. The summed E-state index contributed by atoms with van der Waals surface area (Å²) in [7, 11) is 0. The standard InChI is InChI=1S/C17H15Cl2N3O3S/c1-8(2)12-7-22-16(25)14(23)13(21-17(22)26-12)15(24)20-6-9-3-4-10(18)11(19)5-9/h3-5,7-8,23H,6H2,1-2H3,(H,20,24). The number of nitrogens with one attached hydrogen (secondary N) is 1. The normalized spacial score (nSPS) is 11.3. The molecule has 6 nitrogen and oxygen atoms in total. The fraction of sp³-hybridized carbons (Fsp3) is 0.235. The van der Waals surface area contributed by atoms with Gasteiger partial charge in [0.05, 0.1) is 10.0 Å². The molecule has 1 aromatic carbocycles. The van der Waals surface area contributed by atoms with E-state index in [2.05, 4.69) is 10.3 Å². The molecule has 0 aliphatic carbocycles. The van der Waals surface area contributed by atoms with Gasteiger partial charge in [-0.05, 0) is 23.6 Å². The Morgan fingerprint density at radius 1 is 1.35 bits per heavy atom. The van der Waals surface area contributed by atoms with Crippen LogP contribution in [-0.4, -0.2) is 20.4 Å². The van der Waals surface area contributed by atoms with Crippen LogP contribution in [0.4, 0.5) is 0 Å². The minimum absolute atomic E-state index is 0.151. The van der Waals surface area contributed by atoms with Crippen molar-refractivity contribution in [2.24, 2.45) is 0 Å². The van der Waals surface area contributed by atoms with E-state index in [9.17, 15) is 14.7 Å². The molecule has 0 spiro atoms. The Kier molecular flexibility index (Phi) is 5.22. The highest BCUT2D eigenvalue weighted by atomic mass is 35.5. The number of nitrogens with zero attached hydrogens (tertiary/aromatic N) is 2. The molecule has 0 fully saturated rings. The Morgan fingerprint density at radius 3 is 2.73 bits per heavy atom. The number of hydrogen-bond donors (Lipinski definition) is 2. The fourth-order valence-electron chi connectivity index (χ4n) is 2.29. The zero-order chi connectivity index (χ0) is 19.0. The molecule has 2 aromatic heterocycles. The minimum Gasteiger partial charge on any atom is -0.501 e. The largest absolute Gasteiger partial charge is 0.501 e. The van der Waals surface area contributed by atoms with Gasteiger partial charge in [-0.15, -0.1) is 11.3 Å². The van der Waals surface area contributed by atoms with Gasteiger partial charge in [-0.1, -0.05) is 43.1 Å². The Balaban J connectivity index is 1.88. The summed E-state index contributed by atoms with van der Waals surface area (Å²) < 4.78 is 1.26. The Morgan fingerprint density at radius 2 is 2.08 bits per heavy atom. The molecule has 3 aromatic rings. The number of halogens is 2. The highest BCUT2D eigenvalue weighted by molar-refractivity contribution is 7.17. The van der Waals surface area contributed by atoms with Crippen LogP contribution in [0.2, 0.25) is 10.0 Å². The number of rotatable bonds is 4. The van der Waals surface area contributed by atoms with Crippen molar-refractivity contribution in [3.63, 3.8) is 0 Å². The summed E-state index contributed by atoms with van der Waals surface area (Å²) in [5.41, 5.74) is -0.242. The molecule has 0 radical (unpaired) electrons. The molecule has 0 atom stereocenters. The van der Waals surface area contributed by atoms with E-state index in [0.29, 0.717) is 15.0 Å². The van der Waals surface area contributed by atoms with Crippen molar-refractivity contribution in [1.82, 2.24) is 14.7 Å². The number of amides is 1. The first-order chi connectivity index (χ1) is 12.3. The van der Waals surface area contributed by atoms with Gasteiger partial charge in [-0.2, -0.15) is 0 Å². The predicted molar refractivity (Wildman–Crippen MR) is 103 cm³/mol. The molecule has 0 saturated carbocycles. The van der Waals surface area contributed by atoms with Gasteiger partial charge in [0.2, 0.25) is 5.75 Å². The number of aromatic hydroxyl groups is 1. The first-order valence-electron chi connectivity index (χ1n) is 7.75. The number of hydrogen-bond acceptors (Lipinski definition) is 5. The summed E-state index contributed by atoms with van der Waals surface area (Å²) >= 11 is 13.1. The SMILES string of the molecule is CC(C)c1cn2c(=O)c(O)c(C(=O)NCc3ccc(Cl)c(Cl)c3)nc2s1. The zero-order valence-corrected chi connectivity index (χ0v) is 16.2. The lowest BCUT2D eigenvalue weighted by Crippen LogP contribution is -2.27. The van der Waals surface area contributed by atoms with E-state index in [0.717, 1.165) is 10.4 Å². The van der Waals surface area contributed by atoms with Crippen LogP contribution in [0.1, 0.15) is 40.7 Å². The smallest absolute Gasteiger partial charge is 0.301 e. The van der Waals surface area contributed by atoms with E-state index in [1.165, 1.54) is 15.7 Å². The van der Waals surface area contributed by atoms with Gasteiger partial charge in [0.1, 0.15) is 0 Å². The van der Waals surface area contributed by atoms with Gasteiger partial charge in [-0.25, -0.2) is 4.98 Å². The predicted octanol–water partition coefficient (Wildman–Crippen LogP) is 3.82. The molecular formula is C17H15Cl2N3O3S. The molecule has 2 heterocycles. The van der Waals surface area contributed by atoms with Crippen molar-refractivity contribution in [3.05, 3.63) is 60.9 Å². The molecule has 9 heteroatoms. The average molecular weight is 412 g/mol. The number of aromatic nitrogens is 2. The van der Waals surface area contributed by atoms with Crippen molar-refractivity contribution in [2.75, 3.05) is 0 Å². The molecule has 0 saturated heterocycles. The monoisotopic (exact) mass is 411 g/mol. The average Bonchev–Trinajstić information content (AvgIpc) is 3.03.